The van der Waals surface area contributed by atoms with Gasteiger partial charge in [-0.2, -0.15) is 0 Å². The van der Waals surface area contributed by atoms with E-state index in [9.17, 15) is 0 Å². The Balaban J connectivity index is 1.43. The van der Waals surface area contributed by atoms with Gasteiger partial charge in [-0.3, -0.25) is 4.90 Å². The van der Waals surface area contributed by atoms with E-state index in [2.05, 4.69) is 51.3 Å². The van der Waals surface area contributed by atoms with Crippen molar-refractivity contribution < 1.29 is 4.74 Å². The highest BCUT2D eigenvalue weighted by Gasteiger charge is 2.11. The molecule has 4 nitrogen and oxygen atoms in total. The number of halogens is 1. The summed E-state index contributed by atoms with van der Waals surface area (Å²) >= 11 is 6.15. The Morgan fingerprint density at radius 1 is 1.04 bits per heavy atom. The molecule has 1 aromatic heterocycles. The van der Waals surface area contributed by atoms with E-state index in [1.807, 2.05) is 18.2 Å². The SMILES string of the molecule is Clc1cccc(Cn2cc(CNCCN3CCOCC3)c3ccccc32)c1. The van der Waals surface area contributed by atoms with Crippen LogP contribution in [0, 0.1) is 0 Å². The maximum atomic E-state index is 6.15. The van der Waals surface area contributed by atoms with Crippen LogP contribution in [0.3, 0.4) is 0 Å². The van der Waals surface area contributed by atoms with Crippen LogP contribution >= 0.6 is 11.6 Å². The molecule has 0 spiro atoms. The molecule has 0 atom stereocenters. The molecule has 0 saturated carbocycles. The van der Waals surface area contributed by atoms with Crippen molar-refractivity contribution >= 4 is 22.5 Å². The molecule has 1 aliphatic rings. The average Bonchev–Trinajstić information content (AvgIpc) is 3.04. The molecular formula is C22H26ClN3O. The summed E-state index contributed by atoms with van der Waals surface area (Å²) in [7, 11) is 0. The largest absolute Gasteiger partial charge is 0.379 e. The van der Waals surface area contributed by atoms with Crippen molar-refractivity contribution in [1.29, 1.82) is 0 Å². The van der Waals surface area contributed by atoms with Crippen molar-refractivity contribution in [2.45, 2.75) is 13.1 Å². The monoisotopic (exact) mass is 383 g/mol. The molecule has 142 valence electrons. The van der Waals surface area contributed by atoms with E-state index in [1.165, 1.54) is 22.0 Å². The second kappa shape index (κ2) is 8.89. The van der Waals surface area contributed by atoms with Gasteiger partial charge in [-0.1, -0.05) is 41.9 Å². The number of ether oxygens (including phenoxy) is 1. The molecule has 0 aliphatic carbocycles. The Bertz CT molecular complexity index is 886. The highest BCUT2D eigenvalue weighted by molar-refractivity contribution is 6.30. The lowest BCUT2D eigenvalue weighted by Gasteiger charge is -2.26. The molecule has 0 bridgehead atoms. The Kier molecular flexibility index (Phi) is 6.10. The van der Waals surface area contributed by atoms with Crippen LogP contribution in [0.1, 0.15) is 11.1 Å². The summed E-state index contributed by atoms with van der Waals surface area (Å²) < 4.78 is 7.73. The smallest absolute Gasteiger partial charge is 0.0594 e. The third kappa shape index (κ3) is 4.71. The zero-order chi connectivity index (χ0) is 18.5. The van der Waals surface area contributed by atoms with Crippen molar-refractivity contribution in [3.05, 3.63) is 70.9 Å². The number of nitrogens with zero attached hydrogens (tertiary/aromatic N) is 2. The van der Waals surface area contributed by atoms with E-state index >= 15 is 0 Å². The minimum Gasteiger partial charge on any atom is -0.379 e. The van der Waals surface area contributed by atoms with Crippen LogP contribution in [0.15, 0.2) is 54.7 Å². The number of hydrogen-bond acceptors (Lipinski definition) is 3. The predicted molar refractivity (Wildman–Crippen MR) is 111 cm³/mol. The van der Waals surface area contributed by atoms with Gasteiger partial charge in [0.2, 0.25) is 0 Å². The topological polar surface area (TPSA) is 29.4 Å². The molecule has 0 unspecified atom stereocenters. The summed E-state index contributed by atoms with van der Waals surface area (Å²) in [6, 6.07) is 16.7. The van der Waals surface area contributed by atoms with E-state index in [1.54, 1.807) is 0 Å². The minimum absolute atomic E-state index is 0.786. The fourth-order valence-corrected chi connectivity index (χ4v) is 3.92. The average molecular weight is 384 g/mol. The second-order valence-electron chi connectivity index (χ2n) is 7.06. The molecule has 4 rings (SSSR count). The Hall–Kier alpha value is -1.85. The lowest BCUT2D eigenvalue weighted by Crippen LogP contribution is -2.40. The van der Waals surface area contributed by atoms with Gasteiger partial charge < -0.3 is 14.6 Å². The zero-order valence-corrected chi connectivity index (χ0v) is 16.3. The quantitative estimate of drug-likeness (QED) is 0.630. The number of aromatic nitrogens is 1. The van der Waals surface area contributed by atoms with Gasteiger partial charge >= 0.3 is 0 Å². The van der Waals surface area contributed by atoms with Crippen LogP contribution in [0.2, 0.25) is 5.02 Å². The lowest BCUT2D eigenvalue weighted by atomic mass is 10.2. The number of fused-ring (bicyclic) bond motifs is 1. The van der Waals surface area contributed by atoms with Crippen LogP contribution in [-0.2, 0) is 17.8 Å². The number of para-hydroxylation sites is 1. The van der Waals surface area contributed by atoms with E-state index in [0.29, 0.717) is 0 Å². The third-order valence-corrected chi connectivity index (χ3v) is 5.37. The van der Waals surface area contributed by atoms with Crippen LogP contribution < -0.4 is 5.32 Å². The molecule has 0 radical (unpaired) electrons. The maximum absolute atomic E-state index is 6.15. The predicted octanol–water partition coefficient (Wildman–Crippen LogP) is 3.76. The molecule has 2 aromatic carbocycles. The summed E-state index contributed by atoms with van der Waals surface area (Å²) in [6.07, 6.45) is 2.27. The van der Waals surface area contributed by atoms with Crippen LogP contribution in [0.5, 0.6) is 0 Å². The van der Waals surface area contributed by atoms with E-state index in [4.69, 9.17) is 16.3 Å². The van der Waals surface area contributed by atoms with Crippen molar-refractivity contribution in [2.24, 2.45) is 0 Å². The van der Waals surface area contributed by atoms with Gasteiger partial charge in [0.05, 0.1) is 13.2 Å². The normalized spacial score (nSPS) is 15.4. The van der Waals surface area contributed by atoms with Crippen LogP contribution in [-0.4, -0.2) is 48.9 Å². The number of benzene rings is 2. The van der Waals surface area contributed by atoms with E-state index < -0.39 is 0 Å². The van der Waals surface area contributed by atoms with Gasteiger partial charge in [0.15, 0.2) is 0 Å². The first kappa shape index (κ1) is 18.5. The molecular weight excluding hydrogens is 358 g/mol. The fraction of sp³-hybridized carbons (Fsp3) is 0.364. The first-order valence-electron chi connectivity index (χ1n) is 9.61. The van der Waals surface area contributed by atoms with Gasteiger partial charge in [-0.25, -0.2) is 0 Å². The third-order valence-electron chi connectivity index (χ3n) is 5.14. The first-order valence-corrected chi connectivity index (χ1v) is 9.99. The molecule has 1 N–H and O–H groups in total. The van der Waals surface area contributed by atoms with Crippen molar-refractivity contribution in [1.82, 2.24) is 14.8 Å². The second-order valence-corrected chi connectivity index (χ2v) is 7.50. The van der Waals surface area contributed by atoms with Crippen LogP contribution in [0.25, 0.3) is 10.9 Å². The number of hydrogen-bond donors (Lipinski definition) is 1. The maximum Gasteiger partial charge on any atom is 0.0594 e. The molecule has 1 saturated heterocycles. The summed E-state index contributed by atoms with van der Waals surface area (Å²) in [5.41, 5.74) is 3.83. The van der Waals surface area contributed by atoms with Crippen molar-refractivity contribution in [3.8, 4) is 0 Å². The molecule has 1 aliphatic heterocycles. The number of rotatable bonds is 7. The molecule has 3 aromatic rings. The van der Waals surface area contributed by atoms with Gasteiger partial charge in [-0.05, 0) is 29.3 Å². The Labute approximate surface area is 165 Å². The first-order chi connectivity index (χ1) is 13.3. The van der Waals surface area contributed by atoms with Gasteiger partial charge in [0, 0.05) is 61.4 Å². The summed E-state index contributed by atoms with van der Waals surface area (Å²) in [5.74, 6) is 0. The zero-order valence-electron chi connectivity index (χ0n) is 15.5. The number of morpholine rings is 1. The Morgan fingerprint density at radius 2 is 1.89 bits per heavy atom. The van der Waals surface area contributed by atoms with Crippen LogP contribution in [0.4, 0.5) is 0 Å². The molecule has 1 fully saturated rings. The lowest BCUT2D eigenvalue weighted by molar-refractivity contribution is 0.0384. The summed E-state index contributed by atoms with van der Waals surface area (Å²) in [6.45, 7) is 7.58. The summed E-state index contributed by atoms with van der Waals surface area (Å²) in [4.78, 5) is 2.46. The molecule has 2 heterocycles. The Morgan fingerprint density at radius 3 is 2.74 bits per heavy atom. The summed E-state index contributed by atoms with van der Waals surface area (Å²) in [5, 5.41) is 5.71. The van der Waals surface area contributed by atoms with E-state index in [0.717, 1.165) is 57.5 Å². The highest BCUT2D eigenvalue weighted by atomic mass is 35.5. The van der Waals surface area contributed by atoms with Gasteiger partial charge in [0.25, 0.3) is 0 Å². The minimum atomic E-state index is 0.786. The fourth-order valence-electron chi connectivity index (χ4n) is 3.71. The van der Waals surface area contributed by atoms with Crippen molar-refractivity contribution in [2.75, 3.05) is 39.4 Å². The highest BCUT2D eigenvalue weighted by Crippen LogP contribution is 2.23. The van der Waals surface area contributed by atoms with E-state index in [-0.39, 0.29) is 0 Å². The molecule has 0 amide bonds. The standard InChI is InChI=1S/C22H26ClN3O/c23-20-5-3-4-18(14-20)16-26-17-19(21-6-1-2-7-22(21)26)15-24-8-9-25-10-12-27-13-11-25/h1-7,14,17,24H,8-13,15-16H2. The number of nitrogens with one attached hydrogen (secondary N) is 1. The molecule has 27 heavy (non-hydrogen) atoms. The molecule has 5 heteroatoms. The van der Waals surface area contributed by atoms with Gasteiger partial charge in [0.1, 0.15) is 0 Å². The van der Waals surface area contributed by atoms with Crippen molar-refractivity contribution in [3.63, 3.8) is 0 Å². The van der Waals surface area contributed by atoms with Gasteiger partial charge in [-0.15, -0.1) is 0 Å².